The fourth-order valence-electron chi connectivity index (χ4n) is 1.86. The summed E-state index contributed by atoms with van der Waals surface area (Å²) in [6.45, 7) is 9.35. The molecule has 108 valence electrons. The Morgan fingerprint density at radius 3 is 2.95 bits per heavy atom. The van der Waals surface area contributed by atoms with E-state index in [-0.39, 0.29) is 0 Å². The molecule has 2 heterocycles. The van der Waals surface area contributed by atoms with Gasteiger partial charge in [0.05, 0.1) is 12.0 Å². The van der Waals surface area contributed by atoms with Gasteiger partial charge in [-0.3, -0.25) is 0 Å². The van der Waals surface area contributed by atoms with Crippen molar-refractivity contribution >= 4 is 27.5 Å². The van der Waals surface area contributed by atoms with Crippen LogP contribution in [0.25, 0.3) is 10.2 Å². The number of hydrogen-bond donors (Lipinski definition) is 1. The largest absolute Gasteiger partial charge is 0.477 e. The molecule has 0 radical (unpaired) electrons. The second kappa shape index (κ2) is 7.24. The highest BCUT2D eigenvalue weighted by Gasteiger charge is 2.12. The Bertz CT molecular complexity index is 580. The number of rotatable bonds is 8. The Morgan fingerprint density at radius 2 is 2.25 bits per heavy atom. The number of unbranched alkanes of at least 4 members (excludes halogenated alkanes) is 1. The predicted molar refractivity (Wildman–Crippen MR) is 85.9 cm³/mol. The third-order valence-electron chi connectivity index (χ3n) is 2.88. The van der Waals surface area contributed by atoms with Crippen molar-refractivity contribution in [2.45, 2.75) is 33.1 Å². The maximum Gasteiger partial charge on any atom is 0.227 e. The number of hydrogen-bond acceptors (Lipinski definition) is 5. The van der Waals surface area contributed by atoms with Crippen LogP contribution in [0, 0.1) is 0 Å². The number of fused-ring (bicyclic) bond motifs is 1. The molecule has 0 bridgehead atoms. The van der Waals surface area contributed by atoms with Crippen LogP contribution in [-0.4, -0.2) is 23.1 Å². The van der Waals surface area contributed by atoms with Crippen molar-refractivity contribution in [3.8, 4) is 5.88 Å². The molecular formula is C15H21N3OS. The predicted octanol–water partition coefficient (Wildman–Crippen LogP) is 4.03. The first-order valence-corrected chi connectivity index (χ1v) is 7.88. The van der Waals surface area contributed by atoms with Crippen LogP contribution >= 0.6 is 11.3 Å². The maximum absolute atomic E-state index is 5.83. The van der Waals surface area contributed by atoms with Crippen LogP contribution in [0.5, 0.6) is 5.88 Å². The fraction of sp³-hybridized carbons (Fsp3) is 0.467. The monoisotopic (exact) mass is 291 g/mol. The van der Waals surface area contributed by atoms with Gasteiger partial charge in [-0.25, -0.2) is 4.98 Å². The number of thiophene rings is 1. The molecule has 0 spiro atoms. The van der Waals surface area contributed by atoms with Crippen LogP contribution in [0.3, 0.4) is 0 Å². The standard InChI is InChI=1S/C15H21N3OS/c1-4-7-8-9-19-13-12-10-11(5-2)20-14(12)18-15(17-13)16-6-3/h4,10H,1,5-9H2,2-3H3,(H,16,17,18). The lowest BCUT2D eigenvalue weighted by Crippen LogP contribution is -2.05. The fourth-order valence-corrected chi connectivity index (χ4v) is 2.82. The van der Waals surface area contributed by atoms with Gasteiger partial charge in [0.15, 0.2) is 0 Å². The lowest BCUT2D eigenvalue weighted by molar-refractivity contribution is 0.304. The molecule has 4 nitrogen and oxygen atoms in total. The van der Waals surface area contributed by atoms with Gasteiger partial charge in [0.2, 0.25) is 11.8 Å². The van der Waals surface area contributed by atoms with Crippen LogP contribution in [0.15, 0.2) is 18.7 Å². The van der Waals surface area contributed by atoms with Crippen LogP contribution in [0.1, 0.15) is 31.6 Å². The summed E-state index contributed by atoms with van der Waals surface area (Å²) >= 11 is 1.71. The Labute approximate surface area is 123 Å². The van der Waals surface area contributed by atoms with Gasteiger partial charge in [0.1, 0.15) is 4.83 Å². The van der Waals surface area contributed by atoms with Crippen molar-refractivity contribution in [1.29, 1.82) is 0 Å². The molecule has 2 aromatic rings. The normalized spacial score (nSPS) is 10.7. The quantitative estimate of drug-likeness (QED) is 0.589. The molecule has 0 aliphatic rings. The van der Waals surface area contributed by atoms with Crippen LogP contribution in [0.4, 0.5) is 5.95 Å². The molecule has 5 heteroatoms. The number of anilines is 1. The van der Waals surface area contributed by atoms with Crippen molar-refractivity contribution in [2.24, 2.45) is 0 Å². The summed E-state index contributed by atoms with van der Waals surface area (Å²) in [4.78, 5) is 11.3. The zero-order valence-corrected chi connectivity index (χ0v) is 12.9. The molecule has 0 fully saturated rings. The molecule has 0 aromatic carbocycles. The second-order valence-corrected chi connectivity index (χ2v) is 5.56. The van der Waals surface area contributed by atoms with E-state index < -0.39 is 0 Å². The van der Waals surface area contributed by atoms with E-state index >= 15 is 0 Å². The van der Waals surface area contributed by atoms with Crippen molar-refractivity contribution in [2.75, 3.05) is 18.5 Å². The number of aromatic nitrogens is 2. The topological polar surface area (TPSA) is 47.0 Å². The molecule has 0 atom stereocenters. The van der Waals surface area contributed by atoms with E-state index in [1.807, 2.05) is 13.0 Å². The van der Waals surface area contributed by atoms with Gasteiger partial charge in [0.25, 0.3) is 0 Å². The molecular weight excluding hydrogens is 270 g/mol. The second-order valence-electron chi connectivity index (χ2n) is 4.45. The lowest BCUT2D eigenvalue weighted by atomic mass is 10.3. The molecule has 2 aromatic heterocycles. The molecule has 0 aliphatic carbocycles. The average molecular weight is 291 g/mol. The van der Waals surface area contributed by atoms with Gasteiger partial charge in [-0.1, -0.05) is 13.0 Å². The third kappa shape index (κ3) is 3.48. The Kier molecular flexibility index (Phi) is 5.35. The SMILES string of the molecule is C=CCCCOc1nc(NCC)nc2sc(CC)cc12. The summed E-state index contributed by atoms with van der Waals surface area (Å²) in [5, 5.41) is 4.18. The third-order valence-corrected chi connectivity index (χ3v) is 4.06. The van der Waals surface area contributed by atoms with Gasteiger partial charge >= 0.3 is 0 Å². The molecule has 1 N–H and O–H groups in total. The van der Waals surface area contributed by atoms with E-state index in [0.29, 0.717) is 18.4 Å². The molecule has 2 rings (SSSR count). The highest BCUT2D eigenvalue weighted by atomic mass is 32.1. The average Bonchev–Trinajstić information content (AvgIpc) is 2.87. The zero-order valence-electron chi connectivity index (χ0n) is 12.1. The van der Waals surface area contributed by atoms with Crippen LogP contribution in [-0.2, 0) is 6.42 Å². The smallest absolute Gasteiger partial charge is 0.227 e. The first kappa shape index (κ1) is 14.8. The lowest BCUT2D eigenvalue weighted by Gasteiger charge is -2.08. The van der Waals surface area contributed by atoms with E-state index in [4.69, 9.17) is 4.74 Å². The van der Waals surface area contributed by atoms with Crippen LogP contribution in [0.2, 0.25) is 0 Å². The van der Waals surface area contributed by atoms with Crippen molar-refractivity contribution < 1.29 is 4.74 Å². The van der Waals surface area contributed by atoms with Crippen LogP contribution < -0.4 is 10.1 Å². The molecule has 0 unspecified atom stereocenters. The van der Waals surface area contributed by atoms with Crippen molar-refractivity contribution in [1.82, 2.24) is 9.97 Å². The first-order valence-electron chi connectivity index (χ1n) is 7.06. The van der Waals surface area contributed by atoms with Crippen molar-refractivity contribution in [3.05, 3.63) is 23.6 Å². The summed E-state index contributed by atoms with van der Waals surface area (Å²) in [6, 6.07) is 2.14. The van der Waals surface area contributed by atoms with E-state index in [9.17, 15) is 0 Å². The number of ether oxygens (including phenoxy) is 1. The number of nitrogens with one attached hydrogen (secondary N) is 1. The van der Waals surface area contributed by atoms with Crippen molar-refractivity contribution in [3.63, 3.8) is 0 Å². The minimum absolute atomic E-state index is 0.642. The van der Waals surface area contributed by atoms with E-state index in [1.165, 1.54) is 4.88 Å². The molecule has 0 saturated heterocycles. The van der Waals surface area contributed by atoms with Gasteiger partial charge in [-0.2, -0.15) is 4.98 Å². The highest BCUT2D eigenvalue weighted by Crippen LogP contribution is 2.31. The summed E-state index contributed by atoms with van der Waals surface area (Å²) in [5.41, 5.74) is 0. The molecule has 0 amide bonds. The van der Waals surface area contributed by atoms with Gasteiger partial charge in [-0.15, -0.1) is 17.9 Å². The van der Waals surface area contributed by atoms with E-state index in [2.05, 4.69) is 34.9 Å². The van der Waals surface area contributed by atoms with E-state index in [0.717, 1.165) is 36.0 Å². The minimum Gasteiger partial charge on any atom is -0.477 e. The summed E-state index contributed by atoms with van der Waals surface area (Å²) in [5.74, 6) is 1.33. The first-order chi connectivity index (χ1) is 9.78. The Hall–Kier alpha value is -1.62. The number of aryl methyl sites for hydroxylation is 1. The molecule has 20 heavy (non-hydrogen) atoms. The van der Waals surface area contributed by atoms with Gasteiger partial charge < -0.3 is 10.1 Å². The summed E-state index contributed by atoms with van der Waals surface area (Å²) in [6.07, 6.45) is 4.82. The number of nitrogens with zero attached hydrogens (tertiary/aromatic N) is 2. The maximum atomic E-state index is 5.83. The Morgan fingerprint density at radius 1 is 1.40 bits per heavy atom. The number of allylic oxidation sites excluding steroid dienone is 1. The zero-order chi connectivity index (χ0) is 14.4. The highest BCUT2D eigenvalue weighted by molar-refractivity contribution is 7.18. The van der Waals surface area contributed by atoms with E-state index in [1.54, 1.807) is 11.3 Å². The summed E-state index contributed by atoms with van der Waals surface area (Å²) in [7, 11) is 0. The minimum atomic E-state index is 0.642. The summed E-state index contributed by atoms with van der Waals surface area (Å²) < 4.78 is 5.83. The Balaban J connectivity index is 2.27. The molecule has 0 saturated carbocycles. The van der Waals surface area contributed by atoms with Gasteiger partial charge in [-0.05, 0) is 32.3 Å². The molecule has 0 aliphatic heterocycles. The van der Waals surface area contributed by atoms with Gasteiger partial charge in [0, 0.05) is 11.4 Å².